The van der Waals surface area contributed by atoms with Gasteiger partial charge in [-0.2, -0.15) is 0 Å². The Kier molecular flexibility index (Phi) is 24.9. The molecule has 0 saturated heterocycles. The van der Waals surface area contributed by atoms with Crippen molar-refractivity contribution in [3.05, 3.63) is 60.8 Å². The summed E-state index contributed by atoms with van der Waals surface area (Å²) < 4.78 is 0. The first kappa shape index (κ1) is 21.0. The molecule has 0 fully saturated rings. The van der Waals surface area contributed by atoms with Gasteiger partial charge in [-0.15, -0.1) is 0 Å². The number of hydrogen-bond donors (Lipinski definition) is 0. The van der Waals surface area contributed by atoms with Crippen molar-refractivity contribution in [3.8, 4) is 0 Å². The lowest BCUT2D eigenvalue weighted by Gasteiger charge is -1.95. The molecule has 0 aromatic rings. The van der Waals surface area contributed by atoms with E-state index in [9.17, 15) is 0 Å². The van der Waals surface area contributed by atoms with Crippen molar-refractivity contribution >= 4 is 0 Å². The zero-order chi connectivity index (χ0) is 14.1. The summed E-state index contributed by atoms with van der Waals surface area (Å²) in [5, 5.41) is 0. The van der Waals surface area contributed by atoms with Crippen LogP contribution in [0, 0.1) is 0 Å². The molecule has 0 saturated carbocycles. The van der Waals surface area contributed by atoms with Gasteiger partial charge in [0, 0.05) is 0 Å². The molecule has 17 heavy (non-hydrogen) atoms. The average molecular weight is 234 g/mol. The monoisotopic (exact) mass is 234 g/mol. The molecule has 98 valence electrons. The molecule has 0 unspecified atom stereocenters. The molecule has 0 aromatic heterocycles. The molecule has 1 aliphatic rings. The zero-order valence-electron chi connectivity index (χ0n) is 12.6. The van der Waals surface area contributed by atoms with Crippen molar-refractivity contribution in [3.63, 3.8) is 0 Å². The van der Waals surface area contributed by atoms with E-state index in [1.165, 1.54) is 0 Å². The Balaban J connectivity index is -0.000000285. The highest BCUT2D eigenvalue weighted by Crippen LogP contribution is 2.14. The van der Waals surface area contributed by atoms with Gasteiger partial charge >= 0.3 is 0 Å². The van der Waals surface area contributed by atoms with Crippen LogP contribution in [0.5, 0.6) is 0 Å². The van der Waals surface area contributed by atoms with Gasteiger partial charge in [-0.1, -0.05) is 91.2 Å². The fourth-order valence-electron chi connectivity index (χ4n) is 1.03. The molecular weight excluding hydrogens is 204 g/mol. The maximum atomic E-state index is 3.73. The van der Waals surface area contributed by atoms with Crippen molar-refractivity contribution < 1.29 is 0 Å². The predicted molar refractivity (Wildman–Crippen MR) is 84.4 cm³/mol. The molecule has 0 atom stereocenters. The second-order valence-electron chi connectivity index (χ2n) is 2.36. The van der Waals surface area contributed by atoms with Crippen LogP contribution in [0.2, 0.25) is 0 Å². The normalized spacial score (nSPS) is 11.6. The van der Waals surface area contributed by atoms with Crippen LogP contribution in [0.15, 0.2) is 60.8 Å². The lowest BCUT2D eigenvalue weighted by Crippen LogP contribution is -1.76. The van der Waals surface area contributed by atoms with Crippen LogP contribution in [0.4, 0.5) is 0 Å². The van der Waals surface area contributed by atoms with E-state index in [2.05, 4.69) is 37.5 Å². The van der Waals surface area contributed by atoms with Crippen molar-refractivity contribution in [1.29, 1.82) is 0 Å². The minimum absolute atomic E-state index is 0.995. The summed E-state index contributed by atoms with van der Waals surface area (Å²) in [6.45, 7) is 19.5. The van der Waals surface area contributed by atoms with E-state index >= 15 is 0 Å². The minimum Gasteiger partial charge on any atom is -0.0984 e. The highest BCUT2D eigenvalue weighted by Gasteiger charge is 1.94. The third-order valence-corrected chi connectivity index (χ3v) is 1.64. The largest absolute Gasteiger partial charge is 0.0984 e. The van der Waals surface area contributed by atoms with E-state index in [1.54, 1.807) is 0 Å². The van der Waals surface area contributed by atoms with E-state index in [1.807, 2.05) is 53.7 Å². The number of allylic oxidation sites excluding steroid dienone is 8. The first-order valence-corrected chi connectivity index (χ1v) is 6.70. The summed E-state index contributed by atoms with van der Waals surface area (Å²) in [6, 6.07) is 0. The van der Waals surface area contributed by atoms with Gasteiger partial charge in [0.15, 0.2) is 0 Å². The SMILES string of the molecule is C=CC1=C(C=C)C=CCC=C1.CC.CC.CC. The molecule has 0 radical (unpaired) electrons. The third kappa shape index (κ3) is 11.0. The molecule has 0 aliphatic heterocycles. The Morgan fingerprint density at radius 2 is 1.06 bits per heavy atom. The lowest BCUT2D eigenvalue weighted by atomic mass is 10.1. The second kappa shape index (κ2) is 20.2. The Bertz CT molecular complexity index is 223. The highest BCUT2D eigenvalue weighted by atomic mass is 14.0. The number of hydrogen-bond acceptors (Lipinski definition) is 0. The minimum atomic E-state index is 0.995. The average Bonchev–Trinajstić information content (AvgIpc) is 2.70. The summed E-state index contributed by atoms with van der Waals surface area (Å²) in [4.78, 5) is 0. The fraction of sp³-hybridized carbons (Fsp3) is 0.412. The van der Waals surface area contributed by atoms with E-state index < -0.39 is 0 Å². The van der Waals surface area contributed by atoms with Crippen LogP contribution in [0.3, 0.4) is 0 Å². The Labute approximate surface area is 109 Å². The van der Waals surface area contributed by atoms with Crippen LogP contribution in [0.1, 0.15) is 48.0 Å². The third-order valence-electron chi connectivity index (χ3n) is 1.64. The summed E-state index contributed by atoms with van der Waals surface area (Å²) >= 11 is 0. The Morgan fingerprint density at radius 1 is 0.765 bits per heavy atom. The van der Waals surface area contributed by atoms with Crippen molar-refractivity contribution in [1.82, 2.24) is 0 Å². The van der Waals surface area contributed by atoms with Crippen LogP contribution < -0.4 is 0 Å². The molecule has 0 aromatic carbocycles. The first-order valence-electron chi connectivity index (χ1n) is 6.70. The first-order chi connectivity index (χ1) is 8.38. The molecule has 0 nitrogen and oxygen atoms in total. The van der Waals surface area contributed by atoms with Crippen LogP contribution in [0.25, 0.3) is 0 Å². The molecule has 0 bridgehead atoms. The van der Waals surface area contributed by atoms with E-state index in [0.717, 1.165) is 17.6 Å². The van der Waals surface area contributed by atoms with Gasteiger partial charge in [0.1, 0.15) is 0 Å². The van der Waals surface area contributed by atoms with Gasteiger partial charge in [-0.05, 0) is 17.6 Å². The summed E-state index contributed by atoms with van der Waals surface area (Å²) in [6.07, 6.45) is 13.1. The second-order valence-corrected chi connectivity index (χ2v) is 2.36. The quantitative estimate of drug-likeness (QED) is 0.529. The molecular formula is C17H30. The van der Waals surface area contributed by atoms with Crippen molar-refractivity contribution in [2.24, 2.45) is 0 Å². The highest BCUT2D eigenvalue weighted by molar-refractivity contribution is 5.46. The molecule has 0 spiro atoms. The number of rotatable bonds is 2. The standard InChI is InChI=1S/C11H12.3C2H6/c1-3-10-8-6-5-7-9-11(10)4-2;3*1-2/h3-4,6-9H,1-2,5H2;3*1-2H3. The van der Waals surface area contributed by atoms with Crippen molar-refractivity contribution in [2.45, 2.75) is 48.0 Å². The summed E-state index contributed by atoms with van der Waals surface area (Å²) in [5.74, 6) is 0. The van der Waals surface area contributed by atoms with Gasteiger partial charge in [0.25, 0.3) is 0 Å². The topological polar surface area (TPSA) is 0 Å². The molecule has 0 heteroatoms. The summed E-state index contributed by atoms with van der Waals surface area (Å²) in [5.41, 5.74) is 2.29. The van der Waals surface area contributed by atoms with Gasteiger partial charge in [0.05, 0.1) is 0 Å². The van der Waals surface area contributed by atoms with E-state index in [4.69, 9.17) is 0 Å². The van der Waals surface area contributed by atoms with Gasteiger partial charge < -0.3 is 0 Å². The smallest absolute Gasteiger partial charge is 0.0162 e. The van der Waals surface area contributed by atoms with Crippen molar-refractivity contribution in [2.75, 3.05) is 0 Å². The maximum absolute atomic E-state index is 3.73. The molecule has 1 aliphatic carbocycles. The molecule has 1 rings (SSSR count). The van der Waals surface area contributed by atoms with Crippen LogP contribution in [-0.4, -0.2) is 0 Å². The molecule has 0 heterocycles. The van der Waals surface area contributed by atoms with Crippen LogP contribution >= 0.6 is 0 Å². The Hall–Kier alpha value is -1.30. The van der Waals surface area contributed by atoms with E-state index in [-0.39, 0.29) is 0 Å². The summed E-state index contributed by atoms with van der Waals surface area (Å²) in [7, 11) is 0. The molecule has 0 N–H and O–H groups in total. The van der Waals surface area contributed by atoms with Gasteiger partial charge in [-0.25, -0.2) is 0 Å². The predicted octanol–water partition coefficient (Wildman–Crippen LogP) is 6.25. The molecule has 0 amide bonds. The Morgan fingerprint density at radius 3 is 1.29 bits per heavy atom. The zero-order valence-corrected chi connectivity index (χ0v) is 12.6. The van der Waals surface area contributed by atoms with Gasteiger partial charge in [-0.3, -0.25) is 0 Å². The maximum Gasteiger partial charge on any atom is -0.0162 e. The van der Waals surface area contributed by atoms with E-state index in [0.29, 0.717) is 0 Å². The van der Waals surface area contributed by atoms with Crippen LogP contribution in [-0.2, 0) is 0 Å². The lowest BCUT2D eigenvalue weighted by molar-refractivity contribution is 1.40. The van der Waals surface area contributed by atoms with Gasteiger partial charge in [0.2, 0.25) is 0 Å². The fourth-order valence-corrected chi connectivity index (χ4v) is 1.03.